The Morgan fingerprint density at radius 3 is 2.44 bits per heavy atom. The molecule has 5 nitrogen and oxygen atoms in total. The Hall–Kier alpha value is -1.52. The summed E-state index contributed by atoms with van der Waals surface area (Å²) in [7, 11) is 0. The number of hydrogen-bond donors (Lipinski definition) is 0. The van der Waals surface area contributed by atoms with Crippen LogP contribution in [-0.2, 0) is 14.3 Å². The summed E-state index contributed by atoms with van der Waals surface area (Å²) in [6.45, 7) is 8.70. The van der Waals surface area contributed by atoms with E-state index in [9.17, 15) is 9.59 Å². The van der Waals surface area contributed by atoms with Gasteiger partial charge in [-0.15, -0.1) is 0 Å². The van der Waals surface area contributed by atoms with Gasteiger partial charge in [-0.25, -0.2) is 9.69 Å². The Bertz CT molecular complexity index is 338. The third kappa shape index (κ3) is 2.74. The Morgan fingerprint density at radius 2 is 2.06 bits per heavy atom. The van der Waals surface area contributed by atoms with Crippen molar-refractivity contribution in [1.29, 1.82) is 0 Å². The van der Waals surface area contributed by atoms with Gasteiger partial charge in [-0.1, -0.05) is 0 Å². The molecule has 0 aromatic rings. The summed E-state index contributed by atoms with van der Waals surface area (Å²) in [5.41, 5.74) is -1.47. The molecule has 0 saturated carbocycles. The number of carbonyl (C=O) groups is 2. The molecule has 1 aliphatic heterocycles. The zero-order chi connectivity index (χ0) is 12.6. The second-order valence-corrected chi connectivity index (χ2v) is 5.05. The fourth-order valence-corrected chi connectivity index (χ4v) is 1.28. The summed E-state index contributed by atoms with van der Waals surface area (Å²) in [6, 6.07) is 0. The van der Waals surface area contributed by atoms with Gasteiger partial charge in [0.05, 0.1) is 6.20 Å². The Kier molecular flexibility index (Phi) is 2.99. The van der Waals surface area contributed by atoms with Crippen LogP contribution in [0.25, 0.3) is 0 Å². The van der Waals surface area contributed by atoms with E-state index in [2.05, 4.69) is 0 Å². The van der Waals surface area contributed by atoms with Crippen molar-refractivity contribution >= 4 is 12.4 Å². The lowest BCUT2D eigenvalue weighted by Gasteiger charge is -2.31. The van der Waals surface area contributed by atoms with E-state index in [0.717, 1.165) is 0 Å². The molecular weight excluding hydrogens is 210 g/mol. The number of aldehydes is 1. The van der Waals surface area contributed by atoms with Crippen LogP contribution in [0, 0.1) is 0 Å². The van der Waals surface area contributed by atoms with Crippen molar-refractivity contribution in [3.05, 3.63) is 12.0 Å². The van der Waals surface area contributed by atoms with Crippen molar-refractivity contribution in [3.8, 4) is 0 Å². The van der Waals surface area contributed by atoms with Crippen molar-refractivity contribution in [2.75, 3.05) is 0 Å². The van der Waals surface area contributed by atoms with Crippen LogP contribution in [0.3, 0.4) is 0 Å². The highest BCUT2D eigenvalue weighted by atomic mass is 16.6. The first-order valence-electron chi connectivity index (χ1n) is 5.04. The Morgan fingerprint density at radius 1 is 1.50 bits per heavy atom. The van der Waals surface area contributed by atoms with E-state index in [1.54, 1.807) is 34.6 Å². The summed E-state index contributed by atoms with van der Waals surface area (Å²) in [5.74, 6) is 0.121. The molecule has 0 spiro atoms. The lowest BCUT2D eigenvalue weighted by atomic mass is 10.2. The van der Waals surface area contributed by atoms with Crippen LogP contribution in [0.2, 0.25) is 0 Å². The second kappa shape index (κ2) is 3.81. The predicted octanol–water partition coefficient (Wildman–Crippen LogP) is 2.03. The van der Waals surface area contributed by atoms with Crippen molar-refractivity contribution in [1.82, 2.24) is 4.90 Å². The number of carbonyl (C=O) groups excluding carboxylic acids is 2. The average Bonchev–Trinajstić information content (AvgIpc) is 2.37. The van der Waals surface area contributed by atoms with E-state index < -0.39 is 17.4 Å². The number of amides is 1. The zero-order valence-electron chi connectivity index (χ0n) is 10.2. The van der Waals surface area contributed by atoms with Crippen molar-refractivity contribution in [3.63, 3.8) is 0 Å². The third-order valence-electron chi connectivity index (χ3n) is 1.91. The molecule has 0 N–H and O–H groups in total. The maximum Gasteiger partial charge on any atom is 0.417 e. The lowest BCUT2D eigenvalue weighted by molar-refractivity contribution is -0.112. The molecule has 5 heteroatoms. The molecule has 90 valence electrons. The molecular formula is C11H17NO4. The maximum absolute atomic E-state index is 11.8. The van der Waals surface area contributed by atoms with E-state index in [4.69, 9.17) is 9.47 Å². The van der Waals surface area contributed by atoms with Gasteiger partial charge in [-0.05, 0) is 34.6 Å². The van der Waals surface area contributed by atoms with Gasteiger partial charge in [-0.3, -0.25) is 4.79 Å². The number of nitrogens with zero attached hydrogens (tertiary/aromatic N) is 1. The van der Waals surface area contributed by atoms with Crippen LogP contribution in [0.1, 0.15) is 34.6 Å². The standard InChI is InChI=1S/C11H17NO4/c1-10(2,3)16-9(14)12-6-8(7-13)15-11(12,4)5/h6-7H,1-5H3. The molecule has 0 aromatic carbocycles. The Balaban J connectivity index is 2.83. The fraction of sp³-hybridized carbons (Fsp3) is 0.636. The van der Waals surface area contributed by atoms with Crippen LogP contribution < -0.4 is 0 Å². The summed E-state index contributed by atoms with van der Waals surface area (Å²) < 4.78 is 10.5. The minimum atomic E-state index is -0.890. The van der Waals surface area contributed by atoms with Gasteiger partial charge in [0, 0.05) is 0 Å². The number of rotatable bonds is 1. The van der Waals surface area contributed by atoms with Gasteiger partial charge in [0.15, 0.2) is 17.8 Å². The molecule has 1 rings (SSSR count). The minimum Gasteiger partial charge on any atom is -0.463 e. The molecule has 0 aliphatic carbocycles. The minimum absolute atomic E-state index is 0.121. The molecule has 0 radical (unpaired) electrons. The monoisotopic (exact) mass is 227 g/mol. The summed E-state index contributed by atoms with van der Waals surface area (Å²) in [5, 5.41) is 0. The summed E-state index contributed by atoms with van der Waals surface area (Å²) >= 11 is 0. The highest BCUT2D eigenvalue weighted by Crippen LogP contribution is 2.28. The topological polar surface area (TPSA) is 55.8 Å². The van der Waals surface area contributed by atoms with Crippen LogP contribution in [0.4, 0.5) is 4.79 Å². The molecule has 0 bridgehead atoms. The van der Waals surface area contributed by atoms with Crippen molar-refractivity contribution in [2.24, 2.45) is 0 Å². The highest BCUT2D eigenvalue weighted by Gasteiger charge is 2.40. The zero-order valence-corrected chi connectivity index (χ0v) is 10.2. The lowest BCUT2D eigenvalue weighted by Crippen LogP contribution is -2.44. The van der Waals surface area contributed by atoms with Crippen LogP contribution in [0.5, 0.6) is 0 Å². The smallest absolute Gasteiger partial charge is 0.417 e. The molecule has 1 aliphatic rings. The van der Waals surface area contributed by atoms with Gasteiger partial charge in [-0.2, -0.15) is 0 Å². The first kappa shape index (κ1) is 12.5. The fourth-order valence-electron chi connectivity index (χ4n) is 1.28. The number of allylic oxidation sites excluding steroid dienone is 1. The maximum atomic E-state index is 11.8. The largest absolute Gasteiger partial charge is 0.463 e. The molecule has 0 aromatic heterocycles. The van der Waals surface area contributed by atoms with Crippen molar-refractivity contribution in [2.45, 2.75) is 45.9 Å². The SMILES string of the molecule is CC(C)(C)OC(=O)N1C=C(C=O)OC1(C)C. The molecule has 1 amide bonds. The van der Waals surface area contributed by atoms with Gasteiger partial charge < -0.3 is 9.47 Å². The van der Waals surface area contributed by atoms with Crippen LogP contribution in [-0.4, -0.2) is 28.6 Å². The molecule has 1 heterocycles. The number of hydrogen-bond acceptors (Lipinski definition) is 4. The predicted molar refractivity (Wildman–Crippen MR) is 57.4 cm³/mol. The summed E-state index contributed by atoms with van der Waals surface area (Å²) in [4.78, 5) is 23.6. The van der Waals surface area contributed by atoms with Gasteiger partial charge in [0.2, 0.25) is 0 Å². The molecule has 0 saturated heterocycles. The Labute approximate surface area is 95.0 Å². The second-order valence-electron chi connectivity index (χ2n) is 5.05. The van der Waals surface area contributed by atoms with Gasteiger partial charge in [0.25, 0.3) is 0 Å². The first-order chi connectivity index (χ1) is 7.15. The third-order valence-corrected chi connectivity index (χ3v) is 1.91. The van der Waals surface area contributed by atoms with E-state index in [-0.39, 0.29) is 5.76 Å². The normalized spacial score (nSPS) is 18.8. The average molecular weight is 227 g/mol. The highest BCUT2D eigenvalue weighted by molar-refractivity contribution is 5.76. The molecule has 0 fully saturated rings. The quantitative estimate of drug-likeness (QED) is 0.643. The van der Waals surface area contributed by atoms with Crippen LogP contribution in [0.15, 0.2) is 12.0 Å². The van der Waals surface area contributed by atoms with Gasteiger partial charge >= 0.3 is 6.09 Å². The van der Waals surface area contributed by atoms with Gasteiger partial charge in [0.1, 0.15) is 5.60 Å². The molecule has 16 heavy (non-hydrogen) atoms. The van der Waals surface area contributed by atoms with E-state index in [1.807, 2.05) is 0 Å². The van der Waals surface area contributed by atoms with E-state index in [1.165, 1.54) is 11.1 Å². The summed E-state index contributed by atoms with van der Waals surface area (Å²) in [6.07, 6.45) is 1.38. The molecule has 0 unspecified atom stereocenters. The number of ether oxygens (including phenoxy) is 2. The van der Waals surface area contributed by atoms with E-state index in [0.29, 0.717) is 6.29 Å². The molecule has 0 atom stereocenters. The van der Waals surface area contributed by atoms with Crippen LogP contribution >= 0.6 is 0 Å². The first-order valence-corrected chi connectivity index (χ1v) is 5.04. The van der Waals surface area contributed by atoms with Crippen molar-refractivity contribution < 1.29 is 19.1 Å². The van der Waals surface area contributed by atoms with E-state index >= 15 is 0 Å².